The SMILES string of the molecule is CCOC(=O)c1c(C)c2c(Nc3cc(C(=O)CC4CC4)ccc3C)ncnn2c1OC. The van der Waals surface area contributed by atoms with Crippen LogP contribution in [0.4, 0.5) is 11.5 Å². The van der Waals surface area contributed by atoms with Crippen molar-refractivity contribution in [1.82, 2.24) is 14.6 Å². The highest BCUT2D eigenvalue weighted by molar-refractivity contribution is 5.99. The number of Topliss-reactive ketones (excluding diaryl/α,β-unsaturated/α-hetero) is 1. The lowest BCUT2D eigenvalue weighted by atomic mass is 10.0. The smallest absolute Gasteiger partial charge is 0.344 e. The number of fused-ring (bicyclic) bond motifs is 1. The molecule has 1 aliphatic carbocycles. The van der Waals surface area contributed by atoms with Gasteiger partial charge in [-0.3, -0.25) is 4.79 Å². The second-order valence-corrected chi connectivity index (χ2v) is 7.82. The van der Waals surface area contributed by atoms with Gasteiger partial charge in [0.25, 0.3) is 0 Å². The number of carbonyl (C=O) groups excluding carboxylic acids is 2. The van der Waals surface area contributed by atoms with E-state index in [4.69, 9.17) is 9.47 Å². The molecule has 0 amide bonds. The molecule has 2 heterocycles. The highest BCUT2D eigenvalue weighted by Gasteiger charge is 2.27. The zero-order chi connectivity index (χ0) is 22.1. The van der Waals surface area contributed by atoms with Crippen LogP contribution in [0.25, 0.3) is 5.52 Å². The van der Waals surface area contributed by atoms with Crippen molar-refractivity contribution in [2.75, 3.05) is 19.0 Å². The van der Waals surface area contributed by atoms with Crippen LogP contribution in [0.3, 0.4) is 0 Å². The summed E-state index contributed by atoms with van der Waals surface area (Å²) < 4.78 is 12.2. The molecule has 3 aromatic rings. The van der Waals surface area contributed by atoms with Gasteiger partial charge in [0.15, 0.2) is 11.6 Å². The lowest BCUT2D eigenvalue weighted by molar-refractivity contribution is 0.0521. The second kappa shape index (κ2) is 8.37. The molecule has 1 fully saturated rings. The van der Waals surface area contributed by atoms with Crippen molar-refractivity contribution in [3.63, 3.8) is 0 Å². The Hall–Kier alpha value is -3.42. The van der Waals surface area contributed by atoms with E-state index in [0.717, 1.165) is 24.1 Å². The van der Waals surface area contributed by atoms with Gasteiger partial charge in [0.1, 0.15) is 17.4 Å². The van der Waals surface area contributed by atoms with E-state index >= 15 is 0 Å². The molecule has 0 spiro atoms. The number of ether oxygens (including phenoxy) is 2. The van der Waals surface area contributed by atoms with E-state index in [2.05, 4.69) is 15.4 Å². The second-order valence-electron chi connectivity index (χ2n) is 7.82. The number of hydrogen-bond donors (Lipinski definition) is 1. The summed E-state index contributed by atoms with van der Waals surface area (Å²) in [6.07, 6.45) is 4.27. The number of methoxy groups -OCH3 is 1. The van der Waals surface area contributed by atoms with Crippen LogP contribution in [-0.4, -0.2) is 40.1 Å². The number of aryl methyl sites for hydroxylation is 2. The maximum Gasteiger partial charge on any atom is 0.344 e. The van der Waals surface area contributed by atoms with E-state index in [-0.39, 0.29) is 12.4 Å². The third kappa shape index (κ3) is 3.97. The van der Waals surface area contributed by atoms with E-state index in [9.17, 15) is 9.59 Å². The number of esters is 1. The lowest BCUT2D eigenvalue weighted by Crippen LogP contribution is -2.07. The van der Waals surface area contributed by atoms with Crippen LogP contribution in [0.1, 0.15) is 58.0 Å². The summed E-state index contributed by atoms with van der Waals surface area (Å²) >= 11 is 0. The van der Waals surface area contributed by atoms with E-state index in [1.54, 1.807) is 13.8 Å². The zero-order valence-corrected chi connectivity index (χ0v) is 18.2. The molecular weight excluding hydrogens is 396 g/mol. The standard InChI is InChI=1S/C23H26N4O4/c1-5-31-23(29)19-14(3)20-21(24-12-25-27(20)22(19)30-4)26-17-11-16(9-6-13(17)2)18(28)10-15-7-8-15/h6,9,11-12,15H,5,7-8,10H2,1-4H3,(H,24,25,26). The minimum atomic E-state index is -0.475. The Morgan fingerprint density at radius 2 is 2.03 bits per heavy atom. The number of nitrogens with zero attached hydrogens (tertiary/aromatic N) is 3. The maximum absolute atomic E-state index is 12.6. The van der Waals surface area contributed by atoms with Gasteiger partial charge < -0.3 is 14.8 Å². The number of anilines is 2. The molecule has 1 N–H and O–H groups in total. The van der Waals surface area contributed by atoms with Crippen LogP contribution >= 0.6 is 0 Å². The molecule has 8 heteroatoms. The van der Waals surface area contributed by atoms with Gasteiger partial charge >= 0.3 is 5.97 Å². The van der Waals surface area contributed by atoms with Crippen LogP contribution in [-0.2, 0) is 4.74 Å². The number of aromatic nitrogens is 3. The molecule has 1 aliphatic rings. The highest BCUT2D eigenvalue weighted by Crippen LogP contribution is 2.35. The number of rotatable bonds is 8. The minimum Gasteiger partial charge on any atom is -0.480 e. The third-order valence-corrected chi connectivity index (χ3v) is 5.58. The molecule has 1 saturated carbocycles. The molecule has 0 unspecified atom stereocenters. The molecule has 0 atom stereocenters. The van der Waals surface area contributed by atoms with Gasteiger partial charge in [-0.15, -0.1) is 0 Å². The predicted octanol–water partition coefficient (Wildman–Crippen LogP) is 4.26. The molecule has 4 rings (SSSR count). The van der Waals surface area contributed by atoms with E-state index < -0.39 is 5.97 Å². The quantitative estimate of drug-likeness (QED) is 0.428. The van der Waals surface area contributed by atoms with Crippen LogP contribution in [0.5, 0.6) is 5.88 Å². The van der Waals surface area contributed by atoms with Crippen molar-refractivity contribution in [3.8, 4) is 5.88 Å². The van der Waals surface area contributed by atoms with Gasteiger partial charge in [0, 0.05) is 17.7 Å². The Labute approximate surface area is 180 Å². The Balaban J connectivity index is 1.75. The third-order valence-electron chi connectivity index (χ3n) is 5.58. The molecule has 8 nitrogen and oxygen atoms in total. The highest BCUT2D eigenvalue weighted by atomic mass is 16.5. The summed E-state index contributed by atoms with van der Waals surface area (Å²) in [6.45, 7) is 5.78. The summed E-state index contributed by atoms with van der Waals surface area (Å²) in [5.41, 5.74) is 4.01. The number of ketones is 1. The average molecular weight is 422 g/mol. The topological polar surface area (TPSA) is 94.8 Å². The minimum absolute atomic E-state index is 0.156. The fourth-order valence-corrected chi connectivity index (χ4v) is 3.71. The van der Waals surface area contributed by atoms with Gasteiger partial charge in [0.2, 0.25) is 5.88 Å². The molecule has 1 aromatic carbocycles. The molecule has 162 valence electrons. The Morgan fingerprint density at radius 1 is 1.26 bits per heavy atom. The lowest BCUT2D eigenvalue weighted by Gasteiger charge is -2.12. The first kappa shape index (κ1) is 20.8. The van der Waals surface area contributed by atoms with Crippen LogP contribution in [0.15, 0.2) is 24.5 Å². The number of carbonyl (C=O) groups is 2. The Bertz CT molecular complexity index is 1160. The predicted molar refractivity (Wildman–Crippen MR) is 116 cm³/mol. The van der Waals surface area contributed by atoms with E-state index in [1.807, 2.05) is 25.1 Å². The first-order chi connectivity index (χ1) is 14.9. The van der Waals surface area contributed by atoms with Gasteiger partial charge in [0.05, 0.1) is 13.7 Å². The largest absolute Gasteiger partial charge is 0.480 e. The van der Waals surface area contributed by atoms with E-state index in [0.29, 0.717) is 46.2 Å². The molecule has 0 aliphatic heterocycles. The number of hydrogen-bond acceptors (Lipinski definition) is 7. The first-order valence-electron chi connectivity index (χ1n) is 10.4. The Kier molecular flexibility index (Phi) is 5.63. The van der Waals surface area contributed by atoms with Crippen molar-refractivity contribution >= 4 is 28.8 Å². The summed E-state index contributed by atoms with van der Waals surface area (Å²) in [6, 6.07) is 5.65. The molecule has 0 saturated heterocycles. The molecule has 31 heavy (non-hydrogen) atoms. The summed E-state index contributed by atoms with van der Waals surface area (Å²) in [7, 11) is 1.48. The normalized spacial score (nSPS) is 13.3. The van der Waals surface area contributed by atoms with Gasteiger partial charge in [-0.25, -0.2) is 9.78 Å². The summed E-state index contributed by atoms with van der Waals surface area (Å²) in [5, 5.41) is 7.59. The van der Waals surface area contributed by atoms with E-state index in [1.165, 1.54) is 18.0 Å². The van der Waals surface area contributed by atoms with Crippen LogP contribution in [0, 0.1) is 19.8 Å². The molecule has 0 radical (unpaired) electrons. The van der Waals surface area contributed by atoms with Crippen molar-refractivity contribution in [2.24, 2.45) is 5.92 Å². The van der Waals surface area contributed by atoms with Crippen LogP contribution < -0.4 is 10.1 Å². The van der Waals surface area contributed by atoms with Crippen molar-refractivity contribution in [2.45, 2.75) is 40.0 Å². The molecular formula is C23H26N4O4. The fraction of sp³-hybridized carbons (Fsp3) is 0.391. The number of nitrogens with one attached hydrogen (secondary N) is 1. The summed E-state index contributed by atoms with van der Waals surface area (Å²) in [5.74, 6) is 1.02. The monoisotopic (exact) mass is 422 g/mol. The van der Waals surface area contributed by atoms with Crippen molar-refractivity contribution in [1.29, 1.82) is 0 Å². The number of benzene rings is 1. The zero-order valence-electron chi connectivity index (χ0n) is 18.2. The van der Waals surface area contributed by atoms with Crippen molar-refractivity contribution < 1.29 is 19.1 Å². The maximum atomic E-state index is 12.6. The van der Waals surface area contributed by atoms with Gasteiger partial charge in [-0.05, 0) is 56.7 Å². The van der Waals surface area contributed by atoms with Gasteiger partial charge in [-0.2, -0.15) is 9.61 Å². The van der Waals surface area contributed by atoms with Crippen molar-refractivity contribution in [3.05, 3.63) is 46.8 Å². The van der Waals surface area contributed by atoms with Gasteiger partial charge in [-0.1, -0.05) is 12.1 Å². The Morgan fingerprint density at radius 3 is 2.71 bits per heavy atom. The first-order valence-corrected chi connectivity index (χ1v) is 10.4. The molecule has 2 aromatic heterocycles. The molecule has 0 bridgehead atoms. The summed E-state index contributed by atoms with van der Waals surface area (Å²) in [4.78, 5) is 29.5. The van der Waals surface area contributed by atoms with Crippen LogP contribution in [0.2, 0.25) is 0 Å². The average Bonchev–Trinajstić information content (AvgIpc) is 3.51. The fourth-order valence-electron chi connectivity index (χ4n) is 3.71.